The van der Waals surface area contributed by atoms with Crippen LogP contribution in [0.2, 0.25) is 0 Å². The normalized spacial score (nSPS) is 15.7. The van der Waals surface area contributed by atoms with Crippen LogP contribution in [-0.2, 0) is 0 Å². The molecule has 2 aromatic heterocycles. The molecule has 0 amide bonds. The summed E-state index contributed by atoms with van der Waals surface area (Å²) in [7, 11) is 3.10. The van der Waals surface area contributed by atoms with Crippen molar-refractivity contribution in [2.45, 2.75) is 17.8 Å². The lowest BCUT2D eigenvalue weighted by molar-refractivity contribution is -0.254. The van der Waals surface area contributed by atoms with Gasteiger partial charge in [0, 0.05) is 52.2 Å². The molecule has 10 heteroatoms. The number of thiophene rings is 2. The van der Waals surface area contributed by atoms with Crippen molar-refractivity contribution in [3.63, 3.8) is 0 Å². The van der Waals surface area contributed by atoms with E-state index >= 15 is 26.3 Å². The summed E-state index contributed by atoms with van der Waals surface area (Å²) in [5.41, 5.74) is 0.472. The molecule has 1 aliphatic carbocycles. The Kier molecular flexibility index (Phi) is 8.82. The standard InChI is InChI=1S/C47H30F6O2S2/c1-54-33-19-13-27(14-20-33)31-17-23-35-37(25-31)56-43(29-9-5-3-6-10-29)39(35)41-42(46(50,51)47(52,53)45(41,48)49)40-36-24-18-32(28-15-21-34(55-2)22-16-28)26-38(36)57-44(40)30-11-7-4-8-12-30/h3-26H,1-2H3. The summed E-state index contributed by atoms with van der Waals surface area (Å²) < 4.78 is 112. The maximum absolute atomic E-state index is 16.9. The maximum Gasteiger partial charge on any atom is 0.380 e. The second kappa shape index (κ2) is 13.7. The molecule has 0 aliphatic heterocycles. The van der Waals surface area contributed by atoms with Gasteiger partial charge in [-0.05, 0) is 69.8 Å². The zero-order valence-electron chi connectivity index (χ0n) is 30.3. The molecule has 284 valence electrons. The van der Waals surface area contributed by atoms with Gasteiger partial charge >= 0.3 is 17.8 Å². The lowest BCUT2D eigenvalue weighted by Gasteiger charge is -2.26. The van der Waals surface area contributed by atoms with E-state index in [-0.39, 0.29) is 31.7 Å². The van der Waals surface area contributed by atoms with Crippen molar-refractivity contribution in [1.82, 2.24) is 0 Å². The summed E-state index contributed by atoms with van der Waals surface area (Å²) in [5.74, 6) is -15.0. The van der Waals surface area contributed by atoms with Gasteiger partial charge in [-0.1, -0.05) is 109 Å². The van der Waals surface area contributed by atoms with Crippen LogP contribution in [0.15, 0.2) is 146 Å². The van der Waals surface area contributed by atoms with Gasteiger partial charge in [0.2, 0.25) is 0 Å². The van der Waals surface area contributed by atoms with E-state index in [1.54, 1.807) is 136 Å². The molecule has 0 fully saturated rings. The van der Waals surface area contributed by atoms with E-state index in [1.807, 2.05) is 24.3 Å². The molecule has 8 aromatic rings. The minimum Gasteiger partial charge on any atom is -0.497 e. The van der Waals surface area contributed by atoms with Gasteiger partial charge in [0.15, 0.2) is 0 Å². The number of benzene rings is 6. The first-order valence-corrected chi connectivity index (χ1v) is 19.5. The second-order valence-corrected chi connectivity index (χ2v) is 15.8. The Morgan fingerprint density at radius 1 is 0.404 bits per heavy atom. The molecule has 6 aromatic carbocycles. The molecule has 0 saturated heterocycles. The predicted octanol–water partition coefficient (Wildman–Crippen LogP) is 14.6. The van der Waals surface area contributed by atoms with Crippen LogP contribution in [0.3, 0.4) is 0 Å². The molecule has 0 bridgehead atoms. The third-order valence-electron chi connectivity index (χ3n) is 10.5. The number of fused-ring (bicyclic) bond motifs is 2. The lowest BCUT2D eigenvalue weighted by atomic mass is 9.89. The van der Waals surface area contributed by atoms with Crippen molar-refractivity contribution >= 4 is 54.0 Å². The molecule has 57 heavy (non-hydrogen) atoms. The molecular weight excluding hydrogens is 775 g/mol. The van der Waals surface area contributed by atoms with Crippen LogP contribution in [-0.4, -0.2) is 32.0 Å². The fourth-order valence-corrected chi connectivity index (χ4v) is 10.1. The lowest BCUT2D eigenvalue weighted by Crippen LogP contribution is -2.48. The molecular formula is C47H30F6O2S2. The Morgan fingerprint density at radius 3 is 1.11 bits per heavy atom. The quantitative estimate of drug-likeness (QED) is 0.142. The van der Waals surface area contributed by atoms with E-state index in [0.29, 0.717) is 32.0 Å². The highest BCUT2D eigenvalue weighted by molar-refractivity contribution is 7.23. The number of halogens is 6. The third kappa shape index (κ3) is 5.76. The Morgan fingerprint density at radius 2 is 0.754 bits per heavy atom. The average Bonchev–Trinajstić information content (AvgIpc) is 3.83. The van der Waals surface area contributed by atoms with Gasteiger partial charge in [0.1, 0.15) is 11.5 Å². The molecule has 0 atom stereocenters. The smallest absolute Gasteiger partial charge is 0.380 e. The Bertz CT molecular complexity index is 2630. The van der Waals surface area contributed by atoms with Crippen LogP contribution >= 0.6 is 22.7 Å². The van der Waals surface area contributed by atoms with Crippen molar-refractivity contribution in [3.8, 4) is 54.6 Å². The number of rotatable bonds is 8. The topological polar surface area (TPSA) is 18.5 Å². The number of ether oxygens (including phenoxy) is 2. The SMILES string of the molecule is COc1ccc(-c2ccc3c(C4=C(c5c(-c6ccccc6)sc6cc(-c7ccc(OC)cc7)ccc56)C(F)(F)C(F)(F)C4(F)F)c(-c4ccccc4)sc3c2)cc1. The summed E-state index contributed by atoms with van der Waals surface area (Å²) in [6.07, 6.45) is 0. The highest BCUT2D eigenvalue weighted by Gasteiger charge is 2.80. The van der Waals surface area contributed by atoms with Gasteiger partial charge in [-0.25, -0.2) is 0 Å². The van der Waals surface area contributed by atoms with Gasteiger partial charge in [0.25, 0.3) is 0 Å². The molecule has 0 saturated carbocycles. The van der Waals surface area contributed by atoms with Gasteiger partial charge < -0.3 is 9.47 Å². The highest BCUT2D eigenvalue weighted by Crippen LogP contribution is 2.68. The molecule has 2 heterocycles. The second-order valence-electron chi connectivity index (χ2n) is 13.7. The largest absolute Gasteiger partial charge is 0.497 e. The van der Waals surface area contributed by atoms with Crippen LogP contribution in [0.25, 0.3) is 74.5 Å². The maximum atomic E-state index is 16.9. The molecule has 2 nitrogen and oxygen atoms in total. The van der Waals surface area contributed by atoms with Gasteiger partial charge in [0.05, 0.1) is 14.2 Å². The number of methoxy groups -OCH3 is 2. The summed E-state index contributed by atoms with van der Waals surface area (Å²) in [6.45, 7) is 0. The van der Waals surface area contributed by atoms with Crippen LogP contribution in [0.1, 0.15) is 11.1 Å². The monoisotopic (exact) mass is 804 g/mol. The Labute approximate surface area is 331 Å². The van der Waals surface area contributed by atoms with Crippen molar-refractivity contribution in [2.24, 2.45) is 0 Å². The Balaban J connectivity index is 1.37. The van der Waals surface area contributed by atoms with E-state index in [9.17, 15) is 0 Å². The molecule has 0 N–H and O–H groups in total. The summed E-state index contributed by atoms with van der Waals surface area (Å²) in [4.78, 5) is 0.362. The molecule has 0 spiro atoms. The highest BCUT2D eigenvalue weighted by atomic mass is 32.1. The zero-order chi connectivity index (χ0) is 39.7. The first-order valence-electron chi connectivity index (χ1n) is 17.9. The summed E-state index contributed by atoms with van der Waals surface area (Å²) in [5, 5.41) is 0.332. The van der Waals surface area contributed by atoms with E-state index in [2.05, 4.69) is 0 Å². The molecule has 0 radical (unpaired) electrons. The van der Waals surface area contributed by atoms with Gasteiger partial charge in [-0.15, -0.1) is 22.7 Å². The number of alkyl halides is 6. The van der Waals surface area contributed by atoms with Gasteiger partial charge in [-0.3, -0.25) is 0 Å². The van der Waals surface area contributed by atoms with Gasteiger partial charge in [-0.2, -0.15) is 26.3 Å². The van der Waals surface area contributed by atoms with E-state index in [4.69, 9.17) is 9.47 Å². The van der Waals surface area contributed by atoms with Crippen LogP contribution in [0.5, 0.6) is 11.5 Å². The van der Waals surface area contributed by atoms with E-state index in [0.717, 1.165) is 44.9 Å². The first kappa shape index (κ1) is 36.8. The zero-order valence-corrected chi connectivity index (χ0v) is 31.9. The minimum absolute atomic E-state index is 0.166. The summed E-state index contributed by atoms with van der Waals surface area (Å²) in [6, 6.07) is 41.4. The molecule has 1 aliphatic rings. The predicted molar refractivity (Wildman–Crippen MR) is 220 cm³/mol. The fraction of sp³-hybridized carbons (Fsp3) is 0.106. The molecule has 9 rings (SSSR count). The number of allylic oxidation sites excluding steroid dienone is 2. The van der Waals surface area contributed by atoms with Crippen LogP contribution in [0.4, 0.5) is 26.3 Å². The number of hydrogen-bond acceptors (Lipinski definition) is 4. The molecule has 0 unspecified atom stereocenters. The van der Waals surface area contributed by atoms with Crippen LogP contribution in [0, 0.1) is 0 Å². The van der Waals surface area contributed by atoms with E-state index < -0.39 is 28.9 Å². The fourth-order valence-electron chi connectivity index (χ4n) is 7.59. The Hall–Kier alpha value is -5.84. The van der Waals surface area contributed by atoms with Crippen molar-refractivity contribution < 1.29 is 35.8 Å². The van der Waals surface area contributed by atoms with Crippen molar-refractivity contribution in [1.29, 1.82) is 0 Å². The van der Waals surface area contributed by atoms with Crippen molar-refractivity contribution in [2.75, 3.05) is 14.2 Å². The van der Waals surface area contributed by atoms with Crippen molar-refractivity contribution in [3.05, 3.63) is 157 Å². The van der Waals surface area contributed by atoms with E-state index in [1.165, 1.54) is 0 Å². The average molecular weight is 805 g/mol. The van der Waals surface area contributed by atoms with Crippen LogP contribution < -0.4 is 9.47 Å². The third-order valence-corrected chi connectivity index (χ3v) is 12.9. The number of hydrogen-bond donors (Lipinski definition) is 0. The minimum atomic E-state index is -5.76. The summed E-state index contributed by atoms with van der Waals surface area (Å²) >= 11 is 2.20. The first-order chi connectivity index (χ1) is 27.4.